The van der Waals surface area contributed by atoms with Crippen molar-refractivity contribution in [2.24, 2.45) is 7.05 Å². The van der Waals surface area contributed by atoms with Crippen LogP contribution in [0.25, 0.3) is 11.1 Å². The summed E-state index contributed by atoms with van der Waals surface area (Å²) in [5.74, 6) is -0.443. The molecule has 0 saturated carbocycles. The maximum absolute atomic E-state index is 13.1. The third-order valence-electron chi connectivity index (χ3n) is 6.86. The SMILES string of the molecule is Cc1ccc(C(=O)N2CC(c3ccc(-c4cnn(C)c4)cc3)C2)cc1CC(=O)c1cccc(C(F)(F)F)n1. The number of carbonyl (C=O) groups excluding carboxylic acids is 2. The lowest BCUT2D eigenvalue weighted by atomic mass is 9.89. The quantitative estimate of drug-likeness (QED) is 0.317. The molecule has 0 bridgehead atoms. The molecular formula is C29H25F3N4O2. The number of alkyl halides is 3. The van der Waals surface area contributed by atoms with Crippen LogP contribution in [0.3, 0.4) is 0 Å². The summed E-state index contributed by atoms with van der Waals surface area (Å²) >= 11 is 0. The van der Waals surface area contributed by atoms with Crippen molar-refractivity contribution in [3.63, 3.8) is 0 Å². The first-order valence-corrected chi connectivity index (χ1v) is 12.1. The van der Waals surface area contributed by atoms with Gasteiger partial charge in [-0.25, -0.2) is 4.98 Å². The van der Waals surface area contributed by atoms with Crippen molar-refractivity contribution in [1.82, 2.24) is 19.7 Å². The highest BCUT2D eigenvalue weighted by atomic mass is 19.4. The first-order valence-electron chi connectivity index (χ1n) is 12.1. The van der Waals surface area contributed by atoms with E-state index in [2.05, 4.69) is 34.3 Å². The van der Waals surface area contributed by atoms with E-state index < -0.39 is 17.7 Å². The molecule has 1 fully saturated rings. The summed E-state index contributed by atoms with van der Waals surface area (Å²) in [6, 6.07) is 16.6. The number of benzene rings is 2. The predicted octanol–water partition coefficient (Wildman–Crippen LogP) is 5.47. The number of aromatic nitrogens is 3. The molecular weight excluding hydrogens is 493 g/mol. The Morgan fingerprint density at radius 1 is 1.00 bits per heavy atom. The molecule has 1 aliphatic rings. The number of hydrogen-bond acceptors (Lipinski definition) is 4. The number of aryl methyl sites for hydroxylation is 2. The molecule has 0 radical (unpaired) electrons. The molecule has 2 aromatic heterocycles. The van der Waals surface area contributed by atoms with E-state index in [4.69, 9.17) is 0 Å². The maximum atomic E-state index is 13.1. The second-order valence-corrected chi connectivity index (χ2v) is 9.58. The monoisotopic (exact) mass is 518 g/mol. The highest BCUT2D eigenvalue weighted by Gasteiger charge is 2.34. The lowest BCUT2D eigenvalue weighted by Crippen LogP contribution is -2.48. The number of likely N-dealkylation sites (tertiary alicyclic amines) is 1. The highest BCUT2D eigenvalue weighted by molar-refractivity contribution is 5.98. The average Bonchev–Trinajstić information content (AvgIpc) is 3.30. The Morgan fingerprint density at radius 3 is 2.39 bits per heavy atom. The Bertz CT molecular complexity index is 1500. The molecule has 3 heterocycles. The Morgan fingerprint density at radius 2 is 1.74 bits per heavy atom. The first-order chi connectivity index (χ1) is 18.1. The summed E-state index contributed by atoms with van der Waals surface area (Å²) in [6.45, 7) is 2.97. The van der Waals surface area contributed by atoms with Gasteiger partial charge < -0.3 is 4.90 Å². The van der Waals surface area contributed by atoms with Crippen LogP contribution in [0.15, 0.2) is 73.1 Å². The molecule has 2 aromatic carbocycles. The van der Waals surface area contributed by atoms with Crippen LogP contribution in [0.2, 0.25) is 0 Å². The molecule has 4 aromatic rings. The van der Waals surface area contributed by atoms with E-state index in [1.807, 2.05) is 19.4 Å². The summed E-state index contributed by atoms with van der Waals surface area (Å²) in [6.07, 6.45) is -1.00. The van der Waals surface area contributed by atoms with Gasteiger partial charge >= 0.3 is 6.18 Å². The molecule has 6 nitrogen and oxygen atoms in total. The lowest BCUT2D eigenvalue weighted by Gasteiger charge is -2.39. The molecule has 0 spiro atoms. The maximum Gasteiger partial charge on any atom is 0.433 e. The predicted molar refractivity (Wildman–Crippen MR) is 136 cm³/mol. The van der Waals surface area contributed by atoms with E-state index in [0.29, 0.717) is 24.2 Å². The molecule has 1 amide bonds. The van der Waals surface area contributed by atoms with Gasteiger partial charge in [0.25, 0.3) is 5.91 Å². The van der Waals surface area contributed by atoms with Crippen LogP contribution in [-0.2, 0) is 19.6 Å². The Labute approximate surface area is 217 Å². The number of hydrogen-bond donors (Lipinski definition) is 0. The number of rotatable bonds is 6. The minimum absolute atomic E-state index is 0.140. The van der Waals surface area contributed by atoms with Crippen LogP contribution in [-0.4, -0.2) is 44.4 Å². The van der Waals surface area contributed by atoms with Gasteiger partial charge in [-0.2, -0.15) is 18.3 Å². The van der Waals surface area contributed by atoms with E-state index in [1.54, 1.807) is 34.7 Å². The molecule has 9 heteroatoms. The zero-order valence-corrected chi connectivity index (χ0v) is 20.9. The van der Waals surface area contributed by atoms with Gasteiger partial charge in [0.15, 0.2) is 5.78 Å². The third-order valence-corrected chi connectivity index (χ3v) is 6.86. The number of Topliss-reactive ketones (excluding diaryl/α,β-unsaturated/α-hetero) is 1. The molecule has 0 atom stereocenters. The van der Waals surface area contributed by atoms with Gasteiger partial charge in [0.1, 0.15) is 11.4 Å². The van der Waals surface area contributed by atoms with Crippen LogP contribution in [0.1, 0.15) is 49.1 Å². The molecule has 0 aliphatic carbocycles. The summed E-state index contributed by atoms with van der Waals surface area (Å²) in [5, 5.41) is 4.20. The molecule has 194 valence electrons. The van der Waals surface area contributed by atoms with E-state index >= 15 is 0 Å². The van der Waals surface area contributed by atoms with Crippen LogP contribution in [0.5, 0.6) is 0 Å². The highest BCUT2D eigenvalue weighted by Crippen LogP contribution is 2.31. The average molecular weight is 519 g/mol. The summed E-state index contributed by atoms with van der Waals surface area (Å²) in [5.41, 5.74) is 3.73. The van der Waals surface area contributed by atoms with Gasteiger partial charge in [-0.15, -0.1) is 0 Å². The number of nitrogens with zero attached hydrogens (tertiary/aromatic N) is 4. The summed E-state index contributed by atoms with van der Waals surface area (Å²) in [7, 11) is 1.88. The smallest absolute Gasteiger partial charge is 0.337 e. The number of halogens is 3. The van der Waals surface area contributed by atoms with Crippen LogP contribution in [0.4, 0.5) is 13.2 Å². The fourth-order valence-electron chi connectivity index (χ4n) is 4.56. The zero-order valence-electron chi connectivity index (χ0n) is 20.9. The fourth-order valence-corrected chi connectivity index (χ4v) is 4.56. The van der Waals surface area contributed by atoms with Crippen molar-refractivity contribution in [3.8, 4) is 11.1 Å². The van der Waals surface area contributed by atoms with Gasteiger partial charge in [-0.3, -0.25) is 14.3 Å². The number of ketones is 1. The van der Waals surface area contributed by atoms with Crippen LogP contribution in [0, 0.1) is 6.92 Å². The fraction of sp³-hybridized carbons (Fsp3) is 0.241. The van der Waals surface area contributed by atoms with Gasteiger partial charge in [-0.1, -0.05) is 36.4 Å². The first kappa shape index (κ1) is 25.4. The van der Waals surface area contributed by atoms with Crippen molar-refractivity contribution in [2.45, 2.75) is 25.4 Å². The number of amides is 1. The van der Waals surface area contributed by atoms with E-state index in [-0.39, 0.29) is 23.9 Å². The second-order valence-electron chi connectivity index (χ2n) is 9.58. The second kappa shape index (κ2) is 9.89. The summed E-state index contributed by atoms with van der Waals surface area (Å²) < 4.78 is 40.7. The minimum atomic E-state index is -4.63. The van der Waals surface area contributed by atoms with Gasteiger partial charge in [0, 0.05) is 49.8 Å². The zero-order chi connectivity index (χ0) is 27.0. The van der Waals surface area contributed by atoms with Gasteiger partial charge in [-0.05, 0) is 53.4 Å². The van der Waals surface area contributed by atoms with Crippen molar-refractivity contribution >= 4 is 11.7 Å². The van der Waals surface area contributed by atoms with Crippen LogP contribution < -0.4 is 0 Å². The number of pyridine rings is 1. The van der Waals surface area contributed by atoms with Crippen molar-refractivity contribution in [1.29, 1.82) is 0 Å². The van der Waals surface area contributed by atoms with Crippen molar-refractivity contribution in [3.05, 3.63) is 107 Å². The Balaban J connectivity index is 1.23. The summed E-state index contributed by atoms with van der Waals surface area (Å²) in [4.78, 5) is 31.1. The Kier molecular flexibility index (Phi) is 6.60. The molecule has 1 aliphatic heterocycles. The Hall–Kier alpha value is -4.27. The molecule has 1 saturated heterocycles. The lowest BCUT2D eigenvalue weighted by molar-refractivity contribution is -0.141. The molecule has 0 N–H and O–H groups in total. The molecule has 5 rings (SSSR count). The number of carbonyl (C=O) groups is 2. The standard InChI is InChI=1S/C29H25F3N4O2/c1-18-6-7-21(12-22(18)13-26(37)25-4-3-5-27(34-25)29(30,31)32)28(38)36-16-24(17-36)20-10-8-19(9-11-20)23-14-33-35(2)15-23/h3-12,14-15,24H,13,16-17H2,1-2H3. The van der Waals surface area contributed by atoms with Crippen LogP contribution >= 0.6 is 0 Å². The van der Waals surface area contributed by atoms with E-state index in [9.17, 15) is 22.8 Å². The molecule has 38 heavy (non-hydrogen) atoms. The third kappa shape index (κ3) is 5.22. The van der Waals surface area contributed by atoms with Crippen molar-refractivity contribution in [2.75, 3.05) is 13.1 Å². The van der Waals surface area contributed by atoms with E-state index in [1.165, 1.54) is 12.1 Å². The minimum Gasteiger partial charge on any atom is -0.337 e. The largest absolute Gasteiger partial charge is 0.433 e. The normalized spacial score (nSPS) is 13.9. The van der Waals surface area contributed by atoms with Crippen molar-refractivity contribution < 1.29 is 22.8 Å². The van der Waals surface area contributed by atoms with Gasteiger partial charge in [0.05, 0.1) is 6.20 Å². The topological polar surface area (TPSA) is 68.1 Å². The molecule has 0 unspecified atom stereocenters. The van der Waals surface area contributed by atoms with Gasteiger partial charge in [0.2, 0.25) is 0 Å². The van der Waals surface area contributed by atoms with E-state index in [0.717, 1.165) is 28.3 Å².